The molecule has 0 aromatic heterocycles. The van der Waals surface area contributed by atoms with Crippen LogP contribution in [0.1, 0.15) is 47.0 Å². The Labute approximate surface area is 106 Å². The van der Waals surface area contributed by atoms with Crippen LogP contribution in [0.2, 0.25) is 0 Å². The molecule has 3 nitrogen and oxygen atoms in total. The molecule has 3 heteroatoms. The quantitative estimate of drug-likeness (QED) is 0.799. The zero-order chi connectivity index (χ0) is 13.0. The molecule has 0 aromatic rings. The van der Waals surface area contributed by atoms with Crippen molar-refractivity contribution in [2.24, 2.45) is 11.8 Å². The van der Waals surface area contributed by atoms with Crippen LogP contribution in [0.3, 0.4) is 0 Å². The Kier molecular flexibility index (Phi) is 5.44. The second-order valence-corrected chi connectivity index (χ2v) is 5.69. The van der Waals surface area contributed by atoms with Crippen LogP contribution >= 0.6 is 0 Å². The van der Waals surface area contributed by atoms with Crippen molar-refractivity contribution in [2.75, 3.05) is 13.6 Å². The smallest absolute Gasteiger partial charge is 0.236 e. The Morgan fingerprint density at radius 3 is 2.53 bits per heavy atom. The number of carbonyl (C=O) groups excluding carboxylic acids is 1. The van der Waals surface area contributed by atoms with Gasteiger partial charge in [-0.25, -0.2) is 0 Å². The van der Waals surface area contributed by atoms with Crippen LogP contribution in [0, 0.1) is 11.8 Å². The number of nitrogens with zero attached hydrogens (tertiary/aromatic N) is 1. The molecule has 0 bridgehead atoms. The van der Waals surface area contributed by atoms with Crippen molar-refractivity contribution in [3.63, 3.8) is 0 Å². The van der Waals surface area contributed by atoms with E-state index in [0.29, 0.717) is 18.5 Å². The Balaban J connectivity index is 2.34. The monoisotopic (exact) mass is 240 g/mol. The molecule has 1 rings (SSSR count). The highest BCUT2D eigenvalue weighted by Gasteiger charge is 2.31. The zero-order valence-corrected chi connectivity index (χ0v) is 12.0. The molecule has 17 heavy (non-hydrogen) atoms. The van der Waals surface area contributed by atoms with Crippen LogP contribution in [0.25, 0.3) is 0 Å². The van der Waals surface area contributed by atoms with Crippen molar-refractivity contribution in [1.82, 2.24) is 10.2 Å². The normalized spacial score (nSPS) is 28.7. The number of rotatable bonds is 5. The molecule has 1 saturated carbocycles. The van der Waals surface area contributed by atoms with E-state index >= 15 is 0 Å². The maximum Gasteiger partial charge on any atom is 0.236 e. The third-order valence-electron chi connectivity index (χ3n) is 4.43. The van der Waals surface area contributed by atoms with Gasteiger partial charge in [-0.05, 0) is 38.5 Å². The van der Waals surface area contributed by atoms with Gasteiger partial charge in [0.15, 0.2) is 0 Å². The van der Waals surface area contributed by atoms with Gasteiger partial charge < -0.3 is 10.2 Å². The largest absolute Gasteiger partial charge is 0.342 e. The lowest BCUT2D eigenvalue weighted by Crippen LogP contribution is -2.43. The van der Waals surface area contributed by atoms with E-state index in [9.17, 15) is 4.79 Å². The van der Waals surface area contributed by atoms with E-state index in [2.05, 4.69) is 19.2 Å². The molecule has 1 aliphatic rings. The lowest BCUT2D eigenvalue weighted by molar-refractivity contribution is -0.130. The summed E-state index contributed by atoms with van der Waals surface area (Å²) in [5.41, 5.74) is 0. The zero-order valence-electron chi connectivity index (χ0n) is 12.0. The second-order valence-electron chi connectivity index (χ2n) is 5.69. The van der Waals surface area contributed by atoms with Gasteiger partial charge in [0.1, 0.15) is 0 Å². The van der Waals surface area contributed by atoms with Crippen molar-refractivity contribution >= 4 is 5.91 Å². The van der Waals surface area contributed by atoms with Gasteiger partial charge in [-0.2, -0.15) is 0 Å². The topological polar surface area (TPSA) is 32.3 Å². The second kappa shape index (κ2) is 6.39. The van der Waals surface area contributed by atoms with Crippen molar-refractivity contribution in [3.05, 3.63) is 0 Å². The first kappa shape index (κ1) is 14.5. The SMILES string of the molecule is CCC1CCC(NCC(=O)N(C)C(C)C)C1C. The van der Waals surface area contributed by atoms with Crippen LogP contribution in [-0.4, -0.2) is 36.5 Å². The molecule has 1 fully saturated rings. The fourth-order valence-corrected chi connectivity index (χ4v) is 2.74. The van der Waals surface area contributed by atoms with E-state index in [-0.39, 0.29) is 11.9 Å². The van der Waals surface area contributed by atoms with E-state index in [1.54, 1.807) is 0 Å². The molecule has 1 aliphatic carbocycles. The average molecular weight is 240 g/mol. The summed E-state index contributed by atoms with van der Waals surface area (Å²) < 4.78 is 0. The minimum absolute atomic E-state index is 0.201. The predicted octanol–water partition coefficient (Wildman–Crippen LogP) is 2.27. The van der Waals surface area contributed by atoms with E-state index in [1.807, 2.05) is 25.8 Å². The van der Waals surface area contributed by atoms with Gasteiger partial charge in [-0.1, -0.05) is 20.3 Å². The van der Waals surface area contributed by atoms with Crippen molar-refractivity contribution < 1.29 is 4.79 Å². The molecule has 0 aromatic carbocycles. The number of carbonyl (C=O) groups is 1. The molecule has 3 atom stereocenters. The van der Waals surface area contributed by atoms with Gasteiger partial charge in [-0.3, -0.25) is 4.79 Å². The van der Waals surface area contributed by atoms with Crippen LogP contribution < -0.4 is 5.32 Å². The van der Waals surface area contributed by atoms with Gasteiger partial charge >= 0.3 is 0 Å². The maximum atomic E-state index is 11.9. The number of nitrogens with one attached hydrogen (secondary N) is 1. The molecular weight excluding hydrogens is 212 g/mol. The van der Waals surface area contributed by atoms with Gasteiger partial charge in [0.25, 0.3) is 0 Å². The van der Waals surface area contributed by atoms with Crippen LogP contribution in [0.4, 0.5) is 0 Å². The summed E-state index contributed by atoms with van der Waals surface area (Å²) in [4.78, 5) is 13.7. The van der Waals surface area contributed by atoms with Crippen LogP contribution in [-0.2, 0) is 4.79 Å². The van der Waals surface area contributed by atoms with Gasteiger partial charge in [0, 0.05) is 19.1 Å². The first-order chi connectivity index (χ1) is 7.97. The number of likely N-dealkylation sites (N-methyl/N-ethyl adjacent to an activating group) is 1. The van der Waals surface area contributed by atoms with Crippen molar-refractivity contribution in [2.45, 2.75) is 59.0 Å². The number of hydrogen-bond acceptors (Lipinski definition) is 2. The summed E-state index contributed by atoms with van der Waals surface area (Å²) in [6.45, 7) is 9.16. The summed E-state index contributed by atoms with van der Waals surface area (Å²) in [6.07, 6.45) is 3.79. The summed E-state index contributed by atoms with van der Waals surface area (Å²) >= 11 is 0. The molecule has 0 radical (unpaired) electrons. The van der Waals surface area contributed by atoms with Crippen LogP contribution in [0.5, 0.6) is 0 Å². The van der Waals surface area contributed by atoms with E-state index in [0.717, 1.165) is 5.92 Å². The number of hydrogen-bond donors (Lipinski definition) is 1. The lowest BCUT2D eigenvalue weighted by atomic mass is 9.93. The summed E-state index contributed by atoms with van der Waals surface area (Å²) in [5, 5.41) is 3.44. The predicted molar refractivity (Wildman–Crippen MR) is 71.9 cm³/mol. The molecular formula is C14H28N2O. The summed E-state index contributed by atoms with van der Waals surface area (Å²) in [7, 11) is 1.88. The standard InChI is InChI=1S/C14H28N2O/c1-6-12-7-8-13(11(12)4)15-9-14(17)16(5)10(2)3/h10-13,15H,6-9H2,1-5H3. The lowest BCUT2D eigenvalue weighted by Gasteiger charge is -2.25. The molecule has 1 N–H and O–H groups in total. The Bertz CT molecular complexity index is 253. The highest BCUT2D eigenvalue weighted by molar-refractivity contribution is 5.78. The molecule has 0 aliphatic heterocycles. The molecule has 3 unspecified atom stereocenters. The van der Waals surface area contributed by atoms with Gasteiger partial charge in [-0.15, -0.1) is 0 Å². The summed E-state index contributed by atoms with van der Waals surface area (Å²) in [6, 6.07) is 0.818. The average Bonchev–Trinajstić information content (AvgIpc) is 2.65. The highest BCUT2D eigenvalue weighted by atomic mass is 16.2. The number of amides is 1. The van der Waals surface area contributed by atoms with Crippen LogP contribution in [0.15, 0.2) is 0 Å². The Hall–Kier alpha value is -0.570. The van der Waals surface area contributed by atoms with E-state index < -0.39 is 0 Å². The molecule has 0 spiro atoms. The van der Waals surface area contributed by atoms with E-state index in [4.69, 9.17) is 0 Å². The maximum absolute atomic E-state index is 11.9. The Morgan fingerprint density at radius 1 is 1.41 bits per heavy atom. The van der Waals surface area contributed by atoms with Gasteiger partial charge in [0.05, 0.1) is 6.54 Å². The van der Waals surface area contributed by atoms with E-state index in [1.165, 1.54) is 19.3 Å². The summed E-state index contributed by atoms with van der Waals surface area (Å²) in [5.74, 6) is 1.75. The third kappa shape index (κ3) is 3.70. The molecule has 100 valence electrons. The minimum atomic E-state index is 0.201. The van der Waals surface area contributed by atoms with Gasteiger partial charge in [0.2, 0.25) is 5.91 Å². The fourth-order valence-electron chi connectivity index (χ4n) is 2.74. The fraction of sp³-hybridized carbons (Fsp3) is 0.929. The Morgan fingerprint density at radius 2 is 2.06 bits per heavy atom. The van der Waals surface area contributed by atoms with Crippen molar-refractivity contribution in [3.8, 4) is 0 Å². The van der Waals surface area contributed by atoms with Crippen molar-refractivity contribution in [1.29, 1.82) is 0 Å². The molecule has 1 amide bonds. The first-order valence-electron chi connectivity index (χ1n) is 6.96. The molecule has 0 heterocycles. The third-order valence-corrected chi connectivity index (χ3v) is 4.43. The first-order valence-corrected chi connectivity index (χ1v) is 6.96. The highest BCUT2D eigenvalue weighted by Crippen LogP contribution is 2.33. The molecule has 0 saturated heterocycles. The minimum Gasteiger partial charge on any atom is -0.342 e.